The number of nitrogens with one attached hydrogen (secondary N) is 3. The number of carbonyl (C=O) groups is 1. The standard InChI is InChI=1S/C17H16N6O/c24-14-6-4-9-3-5-11(7-12(9)20-14)19-17-15-13(8-18-23-15)21-16(22-17)10-1-2-10/h3,5,7-8,10H,1-2,4,6H2,(H,18,23)(H,20,24)(H,19,21,22). The Morgan fingerprint density at radius 3 is 2.96 bits per heavy atom. The van der Waals surface area contributed by atoms with Crippen LogP contribution in [0.4, 0.5) is 17.2 Å². The quantitative estimate of drug-likeness (QED) is 0.689. The number of aryl methyl sites for hydroxylation is 1. The lowest BCUT2D eigenvalue weighted by Gasteiger charge is -2.18. The van der Waals surface area contributed by atoms with E-state index in [2.05, 4.69) is 30.8 Å². The van der Waals surface area contributed by atoms with Crippen molar-refractivity contribution in [2.24, 2.45) is 0 Å². The Morgan fingerprint density at radius 1 is 1.17 bits per heavy atom. The fraction of sp³-hybridized carbons (Fsp3) is 0.294. The predicted octanol–water partition coefficient (Wildman–Crippen LogP) is 2.86. The normalized spacial score (nSPS) is 16.8. The van der Waals surface area contributed by atoms with Gasteiger partial charge in [0.05, 0.1) is 6.20 Å². The number of amides is 1. The van der Waals surface area contributed by atoms with E-state index in [1.165, 1.54) is 0 Å². The second-order valence-electron chi connectivity index (χ2n) is 6.38. The third-order valence-corrected chi connectivity index (χ3v) is 4.53. The van der Waals surface area contributed by atoms with Crippen LogP contribution in [0.25, 0.3) is 11.0 Å². The zero-order chi connectivity index (χ0) is 16.1. The first kappa shape index (κ1) is 13.5. The molecule has 0 unspecified atom stereocenters. The molecule has 1 fully saturated rings. The van der Waals surface area contributed by atoms with Gasteiger partial charge in [-0.25, -0.2) is 9.97 Å². The van der Waals surface area contributed by atoms with Crippen LogP contribution in [-0.4, -0.2) is 26.1 Å². The number of benzene rings is 1. The van der Waals surface area contributed by atoms with Crippen LogP contribution in [0.5, 0.6) is 0 Å². The fourth-order valence-corrected chi connectivity index (χ4v) is 3.06. The van der Waals surface area contributed by atoms with Gasteiger partial charge in [0, 0.05) is 23.7 Å². The van der Waals surface area contributed by atoms with Crippen molar-refractivity contribution in [3.8, 4) is 0 Å². The summed E-state index contributed by atoms with van der Waals surface area (Å²) in [7, 11) is 0. The smallest absolute Gasteiger partial charge is 0.224 e. The molecule has 3 aromatic rings. The number of carbonyl (C=O) groups excluding carboxylic acids is 1. The minimum Gasteiger partial charge on any atom is -0.338 e. The van der Waals surface area contributed by atoms with E-state index in [4.69, 9.17) is 0 Å². The van der Waals surface area contributed by atoms with Crippen molar-refractivity contribution in [1.82, 2.24) is 20.2 Å². The number of fused-ring (bicyclic) bond motifs is 2. The summed E-state index contributed by atoms with van der Waals surface area (Å²) in [6.07, 6.45) is 5.35. The predicted molar refractivity (Wildman–Crippen MR) is 90.3 cm³/mol. The van der Waals surface area contributed by atoms with E-state index in [-0.39, 0.29) is 5.91 Å². The molecule has 3 heterocycles. The summed E-state index contributed by atoms with van der Waals surface area (Å²) in [6, 6.07) is 6.01. The van der Waals surface area contributed by atoms with E-state index in [9.17, 15) is 4.79 Å². The van der Waals surface area contributed by atoms with Crippen LogP contribution in [0.15, 0.2) is 24.4 Å². The van der Waals surface area contributed by atoms with Crippen LogP contribution in [0, 0.1) is 0 Å². The highest BCUT2D eigenvalue weighted by Crippen LogP contribution is 2.39. The fourth-order valence-electron chi connectivity index (χ4n) is 3.06. The molecule has 24 heavy (non-hydrogen) atoms. The van der Waals surface area contributed by atoms with Gasteiger partial charge >= 0.3 is 0 Å². The lowest BCUT2D eigenvalue weighted by atomic mass is 10.0. The van der Waals surface area contributed by atoms with Crippen LogP contribution in [0.2, 0.25) is 0 Å². The Balaban J connectivity index is 1.53. The summed E-state index contributed by atoms with van der Waals surface area (Å²) in [5, 5.41) is 13.3. The van der Waals surface area contributed by atoms with Crippen LogP contribution in [0.1, 0.15) is 36.6 Å². The number of anilines is 3. The lowest BCUT2D eigenvalue weighted by Crippen LogP contribution is -2.18. The molecule has 3 N–H and O–H groups in total. The number of hydrogen-bond acceptors (Lipinski definition) is 5. The van der Waals surface area contributed by atoms with Crippen molar-refractivity contribution in [2.75, 3.05) is 10.6 Å². The van der Waals surface area contributed by atoms with Crippen molar-refractivity contribution < 1.29 is 4.79 Å². The first-order valence-corrected chi connectivity index (χ1v) is 8.17. The molecule has 7 nitrogen and oxygen atoms in total. The van der Waals surface area contributed by atoms with Gasteiger partial charge in [0.2, 0.25) is 5.91 Å². The maximum atomic E-state index is 11.6. The zero-order valence-corrected chi connectivity index (χ0v) is 13.0. The number of aromatic nitrogens is 4. The maximum Gasteiger partial charge on any atom is 0.224 e. The summed E-state index contributed by atoms with van der Waals surface area (Å²) in [4.78, 5) is 20.9. The van der Waals surface area contributed by atoms with Crippen molar-refractivity contribution in [3.05, 3.63) is 35.8 Å². The van der Waals surface area contributed by atoms with Crippen LogP contribution in [0.3, 0.4) is 0 Å². The molecule has 0 spiro atoms. The minimum atomic E-state index is 0.0636. The monoisotopic (exact) mass is 320 g/mol. The molecule has 5 rings (SSSR count). The van der Waals surface area contributed by atoms with Crippen LogP contribution in [-0.2, 0) is 11.2 Å². The van der Waals surface area contributed by atoms with E-state index < -0.39 is 0 Å². The molecule has 0 atom stereocenters. The average molecular weight is 320 g/mol. The molecule has 2 aliphatic rings. The van der Waals surface area contributed by atoms with Crippen molar-refractivity contribution in [2.45, 2.75) is 31.6 Å². The van der Waals surface area contributed by atoms with Gasteiger partial charge < -0.3 is 10.6 Å². The van der Waals surface area contributed by atoms with Gasteiger partial charge in [-0.15, -0.1) is 0 Å². The Bertz CT molecular complexity index is 959. The first-order chi connectivity index (χ1) is 11.8. The third-order valence-electron chi connectivity index (χ3n) is 4.53. The van der Waals surface area contributed by atoms with Gasteiger partial charge in [0.1, 0.15) is 16.9 Å². The molecule has 7 heteroatoms. The third kappa shape index (κ3) is 2.29. The molecule has 2 aromatic heterocycles. The molecule has 1 aromatic carbocycles. The Labute approximate surface area is 137 Å². The number of hydrogen-bond donors (Lipinski definition) is 3. The van der Waals surface area contributed by atoms with E-state index in [1.54, 1.807) is 6.20 Å². The van der Waals surface area contributed by atoms with E-state index >= 15 is 0 Å². The first-order valence-electron chi connectivity index (χ1n) is 8.17. The Morgan fingerprint density at radius 2 is 2.08 bits per heavy atom. The zero-order valence-electron chi connectivity index (χ0n) is 13.0. The van der Waals surface area contributed by atoms with Gasteiger partial charge in [-0.2, -0.15) is 5.10 Å². The molecule has 120 valence electrons. The summed E-state index contributed by atoms with van der Waals surface area (Å²) < 4.78 is 0. The SMILES string of the molecule is O=C1CCc2ccc(Nc3nc(C4CC4)nc4cn[nH]c34)cc2N1. The van der Waals surface area contributed by atoms with Crippen molar-refractivity contribution in [1.29, 1.82) is 0 Å². The molecule has 1 aliphatic carbocycles. The van der Waals surface area contributed by atoms with Gasteiger partial charge in [-0.05, 0) is 37.0 Å². The Hall–Kier alpha value is -2.96. The molecular weight excluding hydrogens is 304 g/mol. The van der Waals surface area contributed by atoms with E-state index in [1.807, 2.05) is 18.2 Å². The lowest BCUT2D eigenvalue weighted by molar-refractivity contribution is -0.116. The number of aromatic amines is 1. The molecule has 0 saturated heterocycles. The number of rotatable bonds is 3. The van der Waals surface area contributed by atoms with Gasteiger partial charge in [0.25, 0.3) is 0 Å². The largest absolute Gasteiger partial charge is 0.338 e. The highest BCUT2D eigenvalue weighted by molar-refractivity contribution is 5.95. The number of nitrogens with zero attached hydrogens (tertiary/aromatic N) is 3. The summed E-state index contributed by atoms with van der Waals surface area (Å²) >= 11 is 0. The molecule has 1 amide bonds. The minimum absolute atomic E-state index is 0.0636. The molecule has 0 radical (unpaired) electrons. The number of H-pyrrole nitrogens is 1. The molecular formula is C17H16N6O. The maximum absolute atomic E-state index is 11.6. The summed E-state index contributed by atoms with van der Waals surface area (Å²) in [5.74, 6) is 2.13. The molecule has 1 saturated carbocycles. The topological polar surface area (TPSA) is 95.6 Å². The summed E-state index contributed by atoms with van der Waals surface area (Å²) in [6.45, 7) is 0. The van der Waals surface area contributed by atoms with Crippen LogP contribution < -0.4 is 10.6 Å². The second kappa shape index (κ2) is 5.02. The Kier molecular flexibility index (Phi) is 2.82. The van der Waals surface area contributed by atoms with Crippen LogP contribution >= 0.6 is 0 Å². The molecule has 0 bridgehead atoms. The van der Waals surface area contributed by atoms with Gasteiger partial charge in [-0.3, -0.25) is 9.89 Å². The van der Waals surface area contributed by atoms with Crippen molar-refractivity contribution >= 4 is 34.1 Å². The molecule has 1 aliphatic heterocycles. The van der Waals surface area contributed by atoms with Gasteiger partial charge in [0.15, 0.2) is 5.82 Å². The van der Waals surface area contributed by atoms with E-state index in [0.717, 1.165) is 58.9 Å². The van der Waals surface area contributed by atoms with Crippen molar-refractivity contribution in [3.63, 3.8) is 0 Å². The second-order valence-corrected chi connectivity index (χ2v) is 6.38. The van der Waals surface area contributed by atoms with E-state index in [0.29, 0.717) is 12.3 Å². The summed E-state index contributed by atoms with van der Waals surface area (Å²) in [5.41, 5.74) is 4.52. The van der Waals surface area contributed by atoms with Gasteiger partial charge in [-0.1, -0.05) is 6.07 Å². The average Bonchev–Trinajstić information content (AvgIpc) is 3.32. The highest BCUT2D eigenvalue weighted by atomic mass is 16.1. The highest BCUT2D eigenvalue weighted by Gasteiger charge is 2.28.